The van der Waals surface area contributed by atoms with Gasteiger partial charge in [0, 0.05) is 18.8 Å². The number of rotatable bonds is 4. The summed E-state index contributed by atoms with van der Waals surface area (Å²) < 4.78 is 25.8. The van der Waals surface area contributed by atoms with Crippen LogP contribution < -0.4 is 5.32 Å². The molecule has 1 aromatic heterocycles. The van der Waals surface area contributed by atoms with E-state index in [1.807, 2.05) is 0 Å². The van der Waals surface area contributed by atoms with Crippen molar-refractivity contribution < 1.29 is 13.7 Å². The molecule has 5 nitrogen and oxygen atoms in total. The minimum Gasteiger partial charge on any atom is -0.360 e. The van der Waals surface area contributed by atoms with E-state index < -0.39 is 16.6 Å². The third kappa shape index (κ3) is 3.05. The van der Waals surface area contributed by atoms with Crippen molar-refractivity contribution in [2.24, 2.45) is 0 Å². The molecule has 0 fully saturated rings. The fourth-order valence-electron chi connectivity index (χ4n) is 1.66. The predicted molar refractivity (Wildman–Crippen MR) is 69.3 cm³/mol. The van der Waals surface area contributed by atoms with Crippen LogP contribution in [0.25, 0.3) is 0 Å². The van der Waals surface area contributed by atoms with Gasteiger partial charge in [-0.15, -0.1) is 0 Å². The Kier molecular flexibility index (Phi) is 3.88. The van der Waals surface area contributed by atoms with Gasteiger partial charge in [0.05, 0.1) is 4.92 Å². The van der Waals surface area contributed by atoms with Crippen LogP contribution in [0.15, 0.2) is 30.5 Å². The van der Waals surface area contributed by atoms with E-state index in [9.17, 15) is 18.9 Å². The smallest absolute Gasteiger partial charge is 0.311 e. The lowest BCUT2D eigenvalue weighted by Crippen LogP contribution is -2.05. The highest BCUT2D eigenvalue weighted by Crippen LogP contribution is 2.23. The first-order valence-corrected chi connectivity index (χ1v) is 5.76. The first kappa shape index (κ1) is 13.9. The van der Waals surface area contributed by atoms with Gasteiger partial charge in [-0.05, 0) is 30.2 Å². The first-order valence-electron chi connectivity index (χ1n) is 5.76. The number of hydrogen-bond donors (Lipinski definition) is 1. The molecule has 0 bridgehead atoms. The first-order chi connectivity index (χ1) is 9.47. The van der Waals surface area contributed by atoms with Gasteiger partial charge >= 0.3 is 5.69 Å². The van der Waals surface area contributed by atoms with E-state index in [1.54, 1.807) is 6.92 Å². The average molecular weight is 279 g/mol. The van der Waals surface area contributed by atoms with Gasteiger partial charge in [-0.1, -0.05) is 6.07 Å². The summed E-state index contributed by atoms with van der Waals surface area (Å²) in [6, 6.07) is 4.82. The van der Waals surface area contributed by atoms with Gasteiger partial charge in [0.25, 0.3) is 0 Å². The monoisotopic (exact) mass is 279 g/mol. The second-order valence-electron chi connectivity index (χ2n) is 4.24. The average Bonchev–Trinajstić information content (AvgIpc) is 2.41. The molecule has 0 spiro atoms. The molecule has 20 heavy (non-hydrogen) atoms. The van der Waals surface area contributed by atoms with Crippen LogP contribution in [0.5, 0.6) is 0 Å². The number of halogens is 2. The van der Waals surface area contributed by atoms with Gasteiger partial charge in [-0.2, -0.15) is 0 Å². The lowest BCUT2D eigenvalue weighted by Gasteiger charge is -2.07. The Morgan fingerprint density at radius 3 is 2.70 bits per heavy atom. The molecule has 0 atom stereocenters. The molecule has 2 aromatic rings. The van der Waals surface area contributed by atoms with E-state index in [0.29, 0.717) is 11.1 Å². The zero-order valence-corrected chi connectivity index (χ0v) is 10.6. The molecule has 1 aromatic carbocycles. The van der Waals surface area contributed by atoms with Gasteiger partial charge in [0.2, 0.25) is 5.82 Å². The maximum absolute atomic E-state index is 13.0. The molecule has 0 aliphatic carbocycles. The van der Waals surface area contributed by atoms with Crippen molar-refractivity contribution in [2.75, 3.05) is 5.32 Å². The number of aromatic nitrogens is 1. The second-order valence-corrected chi connectivity index (χ2v) is 4.24. The maximum Gasteiger partial charge on any atom is 0.311 e. The largest absolute Gasteiger partial charge is 0.360 e. The molecule has 0 radical (unpaired) electrons. The number of nitro groups is 1. The summed E-state index contributed by atoms with van der Waals surface area (Å²) >= 11 is 0. The topological polar surface area (TPSA) is 68.1 Å². The zero-order valence-electron chi connectivity index (χ0n) is 10.6. The van der Waals surface area contributed by atoms with Crippen LogP contribution in [0.4, 0.5) is 20.3 Å². The van der Waals surface area contributed by atoms with Gasteiger partial charge in [0.1, 0.15) is 0 Å². The highest BCUT2D eigenvalue weighted by molar-refractivity contribution is 5.56. The molecular weight excluding hydrogens is 268 g/mol. The van der Waals surface area contributed by atoms with E-state index >= 15 is 0 Å². The van der Waals surface area contributed by atoms with E-state index in [4.69, 9.17) is 0 Å². The third-order valence-electron chi connectivity index (χ3n) is 2.64. The Morgan fingerprint density at radius 1 is 1.30 bits per heavy atom. The van der Waals surface area contributed by atoms with Gasteiger partial charge in [0.15, 0.2) is 11.6 Å². The summed E-state index contributed by atoms with van der Waals surface area (Å²) in [6.45, 7) is 1.80. The fourth-order valence-corrected chi connectivity index (χ4v) is 1.66. The number of pyridine rings is 1. The number of aryl methyl sites for hydroxylation is 1. The van der Waals surface area contributed by atoms with Crippen LogP contribution in [0.1, 0.15) is 11.1 Å². The van der Waals surface area contributed by atoms with E-state index in [0.717, 1.165) is 12.1 Å². The molecule has 0 unspecified atom stereocenters. The number of nitrogens with zero attached hydrogens (tertiary/aromatic N) is 2. The highest BCUT2D eigenvalue weighted by Gasteiger charge is 2.15. The summed E-state index contributed by atoms with van der Waals surface area (Å²) in [5, 5.41) is 13.6. The summed E-state index contributed by atoms with van der Waals surface area (Å²) in [5.74, 6) is -1.81. The number of anilines is 1. The van der Waals surface area contributed by atoms with Crippen molar-refractivity contribution in [3.8, 4) is 0 Å². The van der Waals surface area contributed by atoms with Crippen molar-refractivity contribution in [1.29, 1.82) is 0 Å². The van der Waals surface area contributed by atoms with Crippen molar-refractivity contribution in [3.63, 3.8) is 0 Å². The van der Waals surface area contributed by atoms with Crippen LogP contribution >= 0.6 is 0 Å². The Bertz CT molecular complexity index is 662. The Hall–Kier alpha value is -2.57. The van der Waals surface area contributed by atoms with Crippen LogP contribution in [0.2, 0.25) is 0 Å². The standard InChI is InChI=1S/C13H11F2N3O2/c1-8-4-12(18(19)20)13(16-6-8)17-7-9-2-3-10(14)11(15)5-9/h2-6H,7H2,1H3,(H,16,17). The van der Waals surface area contributed by atoms with Crippen molar-refractivity contribution in [2.45, 2.75) is 13.5 Å². The fraction of sp³-hybridized carbons (Fsp3) is 0.154. The molecule has 0 amide bonds. The van der Waals surface area contributed by atoms with Crippen molar-refractivity contribution in [3.05, 3.63) is 63.3 Å². The molecule has 104 valence electrons. The van der Waals surface area contributed by atoms with E-state index in [-0.39, 0.29) is 18.1 Å². The van der Waals surface area contributed by atoms with Gasteiger partial charge < -0.3 is 5.32 Å². The minimum absolute atomic E-state index is 0.0883. The number of hydrogen-bond acceptors (Lipinski definition) is 4. The molecule has 0 aliphatic heterocycles. The quantitative estimate of drug-likeness (QED) is 0.689. The normalized spacial score (nSPS) is 10.3. The zero-order chi connectivity index (χ0) is 14.7. The highest BCUT2D eigenvalue weighted by atomic mass is 19.2. The molecular formula is C13H11F2N3O2. The van der Waals surface area contributed by atoms with Gasteiger partial charge in [-0.3, -0.25) is 10.1 Å². The summed E-state index contributed by atoms with van der Waals surface area (Å²) in [6.07, 6.45) is 1.49. The van der Waals surface area contributed by atoms with Crippen LogP contribution in [0.3, 0.4) is 0 Å². The number of nitrogens with one attached hydrogen (secondary N) is 1. The predicted octanol–water partition coefficient (Wildman–Crippen LogP) is 3.19. The van der Waals surface area contributed by atoms with Crippen LogP contribution in [-0.2, 0) is 6.54 Å². The van der Waals surface area contributed by atoms with Crippen LogP contribution in [-0.4, -0.2) is 9.91 Å². The lowest BCUT2D eigenvalue weighted by atomic mass is 10.2. The van der Waals surface area contributed by atoms with Crippen molar-refractivity contribution >= 4 is 11.5 Å². The molecule has 0 saturated carbocycles. The summed E-state index contributed by atoms with van der Waals surface area (Å²) in [4.78, 5) is 14.3. The number of benzene rings is 1. The molecule has 0 saturated heterocycles. The molecule has 2 rings (SSSR count). The van der Waals surface area contributed by atoms with E-state index in [2.05, 4.69) is 10.3 Å². The molecule has 1 heterocycles. The second kappa shape index (κ2) is 5.60. The summed E-state index contributed by atoms with van der Waals surface area (Å²) in [5.41, 5.74) is 0.961. The molecule has 0 aliphatic rings. The Balaban J connectivity index is 2.18. The van der Waals surface area contributed by atoms with Gasteiger partial charge in [-0.25, -0.2) is 13.8 Å². The molecule has 7 heteroatoms. The lowest BCUT2D eigenvalue weighted by molar-refractivity contribution is -0.384. The van der Waals surface area contributed by atoms with Crippen LogP contribution in [0, 0.1) is 28.7 Å². The maximum atomic E-state index is 13.0. The Morgan fingerprint density at radius 2 is 2.05 bits per heavy atom. The molecule has 1 N–H and O–H groups in total. The summed E-state index contributed by atoms with van der Waals surface area (Å²) in [7, 11) is 0. The third-order valence-corrected chi connectivity index (χ3v) is 2.64. The minimum atomic E-state index is -0.962. The SMILES string of the molecule is Cc1cnc(NCc2ccc(F)c(F)c2)c([N+](=O)[O-])c1. The van der Waals surface area contributed by atoms with E-state index in [1.165, 1.54) is 18.3 Å². The van der Waals surface area contributed by atoms with Crippen molar-refractivity contribution in [1.82, 2.24) is 4.98 Å². The Labute approximate surface area is 113 Å².